The maximum absolute atomic E-state index is 11.5. The van der Waals surface area contributed by atoms with E-state index in [1.54, 1.807) is 18.4 Å². The van der Waals surface area contributed by atoms with E-state index >= 15 is 0 Å². The molecule has 0 amide bonds. The first-order valence-corrected chi connectivity index (χ1v) is 7.40. The molecule has 0 aliphatic rings. The van der Waals surface area contributed by atoms with Gasteiger partial charge in [0.25, 0.3) is 0 Å². The molecule has 3 aromatic rings. The summed E-state index contributed by atoms with van der Waals surface area (Å²) >= 11 is 0. The first-order chi connectivity index (χ1) is 11.5. The zero-order valence-electron chi connectivity index (χ0n) is 13.3. The van der Waals surface area contributed by atoms with Gasteiger partial charge in [0.2, 0.25) is 5.75 Å². The van der Waals surface area contributed by atoms with Crippen molar-refractivity contribution in [2.45, 2.75) is 13.8 Å². The smallest absolute Gasteiger partial charge is 0.336 e. The van der Waals surface area contributed by atoms with Crippen LogP contribution in [0, 0.1) is 0 Å². The fraction of sp³-hybridized carbons (Fsp3) is 0.222. The molecular weight excluding hydrogens is 312 g/mol. The van der Waals surface area contributed by atoms with Crippen molar-refractivity contribution in [1.29, 1.82) is 0 Å². The van der Waals surface area contributed by atoms with E-state index in [-0.39, 0.29) is 19.2 Å². The van der Waals surface area contributed by atoms with E-state index in [1.165, 1.54) is 13.0 Å². The van der Waals surface area contributed by atoms with Crippen molar-refractivity contribution in [3.05, 3.63) is 52.6 Å². The number of rotatable bonds is 5. The predicted molar refractivity (Wildman–Crippen MR) is 88.1 cm³/mol. The molecule has 6 heteroatoms. The highest BCUT2D eigenvalue weighted by molar-refractivity contribution is 5.99. The second kappa shape index (κ2) is 6.62. The van der Waals surface area contributed by atoms with Gasteiger partial charge in [-0.2, -0.15) is 0 Å². The van der Waals surface area contributed by atoms with Gasteiger partial charge < -0.3 is 18.3 Å². The monoisotopic (exact) mass is 328 g/mol. The fourth-order valence-electron chi connectivity index (χ4n) is 2.28. The van der Waals surface area contributed by atoms with Crippen LogP contribution < -0.4 is 10.4 Å². The Morgan fingerprint density at radius 1 is 1.17 bits per heavy atom. The lowest BCUT2D eigenvalue weighted by molar-refractivity contribution is -0.139. The SMILES string of the molecule is CC(=O)OC/C(C)=C\COc1c2occc2cc2ccc(=O)oc12. The zero-order valence-corrected chi connectivity index (χ0v) is 13.3. The molecule has 6 nitrogen and oxygen atoms in total. The highest BCUT2D eigenvalue weighted by atomic mass is 16.5. The molecule has 0 saturated carbocycles. The maximum Gasteiger partial charge on any atom is 0.336 e. The van der Waals surface area contributed by atoms with Gasteiger partial charge in [-0.25, -0.2) is 4.79 Å². The van der Waals surface area contributed by atoms with Crippen LogP contribution in [0.2, 0.25) is 0 Å². The van der Waals surface area contributed by atoms with Gasteiger partial charge in [-0.15, -0.1) is 0 Å². The van der Waals surface area contributed by atoms with E-state index in [0.717, 1.165) is 16.3 Å². The van der Waals surface area contributed by atoms with Crippen LogP contribution in [0.25, 0.3) is 21.9 Å². The lowest BCUT2D eigenvalue weighted by atomic mass is 10.1. The number of hydrogen-bond donors (Lipinski definition) is 0. The summed E-state index contributed by atoms with van der Waals surface area (Å²) in [5, 5.41) is 1.60. The molecular formula is C18H16O6. The predicted octanol–water partition coefficient (Wildman–Crippen LogP) is 3.43. The molecule has 2 aromatic heterocycles. The second-order valence-corrected chi connectivity index (χ2v) is 5.36. The Hall–Kier alpha value is -3.02. The van der Waals surface area contributed by atoms with Crippen molar-refractivity contribution in [3.63, 3.8) is 0 Å². The third-order valence-electron chi connectivity index (χ3n) is 3.45. The number of carbonyl (C=O) groups excluding carboxylic acids is 1. The number of furan rings is 1. The molecule has 24 heavy (non-hydrogen) atoms. The first kappa shape index (κ1) is 15.9. The van der Waals surface area contributed by atoms with Gasteiger partial charge >= 0.3 is 11.6 Å². The van der Waals surface area contributed by atoms with Crippen LogP contribution in [0.1, 0.15) is 13.8 Å². The largest absolute Gasteiger partial charge is 0.482 e. The van der Waals surface area contributed by atoms with Gasteiger partial charge in [0.1, 0.15) is 13.2 Å². The summed E-state index contributed by atoms with van der Waals surface area (Å²) in [5.74, 6) is 0.0403. The number of hydrogen-bond acceptors (Lipinski definition) is 6. The molecule has 0 N–H and O–H groups in total. The third-order valence-corrected chi connectivity index (χ3v) is 3.45. The molecule has 124 valence electrons. The number of carbonyl (C=O) groups is 1. The quantitative estimate of drug-likeness (QED) is 0.405. The highest BCUT2D eigenvalue weighted by Gasteiger charge is 2.14. The van der Waals surface area contributed by atoms with Gasteiger partial charge in [-0.3, -0.25) is 4.79 Å². The summed E-state index contributed by atoms with van der Waals surface area (Å²) in [6.07, 6.45) is 3.34. The van der Waals surface area contributed by atoms with Crippen LogP contribution in [0.5, 0.6) is 5.75 Å². The van der Waals surface area contributed by atoms with Crippen molar-refractivity contribution >= 4 is 27.9 Å². The van der Waals surface area contributed by atoms with E-state index in [4.69, 9.17) is 18.3 Å². The molecule has 0 aliphatic carbocycles. The van der Waals surface area contributed by atoms with Gasteiger partial charge in [0.15, 0.2) is 11.2 Å². The zero-order chi connectivity index (χ0) is 17.1. The van der Waals surface area contributed by atoms with E-state index < -0.39 is 5.63 Å². The minimum Gasteiger partial charge on any atom is -0.482 e. The summed E-state index contributed by atoms with van der Waals surface area (Å²) in [4.78, 5) is 22.3. The molecule has 0 radical (unpaired) electrons. The molecule has 3 rings (SSSR count). The number of fused-ring (bicyclic) bond motifs is 2. The minimum atomic E-state index is -0.458. The first-order valence-electron chi connectivity index (χ1n) is 7.40. The summed E-state index contributed by atoms with van der Waals surface area (Å²) in [7, 11) is 0. The van der Waals surface area contributed by atoms with Crippen LogP contribution >= 0.6 is 0 Å². The van der Waals surface area contributed by atoms with Crippen molar-refractivity contribution in [1.82, 2.24) is 0 Å². The molecule has 0 atom stereocenters. The molecule has 0 bridgehead atoms. The van der Waals surface area contributed by atoms with Crippen molar-refractivity contribution in [2.24, 2.45) is 0 Å². The minimum absolute atomic E-state index is 0.208. The summed E-state index contributed by atoms with van der Waals surface area (Å²) in [5.41, 5.74) is 1.25. The molecule has 2 heterocycles. The Bertz CT molecular complexity index is 976. The van der Waals surface area contributed by atoms with Gasteiger partial charge in [0.05, 0.1) is 6.26 Å². The van der Waals surface area contributed by atoms with Crippen LogP contribution in [0.4, 0.5) is 0 Å². The lowest BCUT2D eigenvalue weighted by Gasteiger charge is -2.08. The van der Waals surface area contributed by atoms with E-state index in [2.05, 4.69) is 0 Å². The molecule has 0 saturated heterocycles. The van der Waals surface area contributed by atoms with E-state index in [1.807, 2.05) is 19.1 Å². The van der Waals surface area contributed by atoms with Gasteiger partial charge in [-0.1, -0.05) is 0 Å². The normalized spacial score (nSPS) is 11.8. The van der Waals surface area contributed by atoms with Crippen molar-refractivity contribution in [2.75, 3.05) is 13.2 Å². The highest BCUT2D eigenvalue weighted by Crippen LogP contribution is 2.34. The van der Waals surface area contributed by atoms with Crippen molar-refractivity contribution in [3.8, 4) is 5.75 Å². The topological polar surface area (TPSA) is 78.9 Å². The average molecular weight is 328 g/mol. The molecule has 1 aromatic carbocycles. The Balaban J connectivity index is 1.90. The summed E-state index contributed by atoms with van der Waals surface area (Å²) < 4.78 is 21.4. The van der Waals surface area contributed by atoms with Gasteiger partial charge in [0, 0.05) is 23.8 Å². The Kier molecular flexibility index (Phi) is 4.37. The number of esters is 1. The van der Waals surface area contributed by atoms with E-state index in [0.29, 0.717) is 16.9 Å². The standard InChI is InChI=1S/C18H16O6/c1-11(10-23-12(2)19)5-7-22-18-16-14(6-8-21-16)9-13-3-4-15(20)24-17(13)18/h3-6,8-9H,7,10H2,1-2H3/b11-5-. The van der Waals surface area contributed by atoms with E-state index in [9.17, 15) is 9.59 Å². The summed E-state index contributed by atoms with van der Waals surface area (Å²) in [6, 6.07) is 6.73. The summed E-state index contributed by atoms with van der Waals surface area (Å²) in [6.45, 7) is 3.62. The lowest BCUT2D eigenvalue weighted by Crippen LogP contribution is -2.03. The van der Waals surface area contributed by atoms with Crippen LogP contribution in [0.3, 0.4) is 0 Å². The number of ether oxygens (including phenoxy) is 2. The van der Waals surface area contributed by atoms with Crippen LogP contribution in [-0.4, -0.2) is 19.2 Å². The third kappa shape index (κ3) is 3.32. The average Bonchev–Trinajstić information content (AvgIpc) is 3.00. The number of benzene rings is 1. The molecule has 0 unspecified atom stereocenters. The van der Waals surface area contributed by atoms with Crippen molar-refractivity contribution < 1.29 is 23.1 Å². The Labute approximate surface area is 137 Å². The maximum atomic E-state index is 11.5. The Morgan fingerprint density at radius 2 is 1.96 bits per heavy atom. The van der Waals surface area contributed by atoms with Gasteiger partial charge in [-0.05, 0) is 36.8 Å². The Morgan fingerprint density at radius 3 is 2.75 bits per heavy atom. The molecule has 0 fully saturated rings. The molecule has 0 aliphatic heterocycles. The fourth-order valence-corrected chi connectivity index (χ4v) is 2.28. The van der Waals surface area contributed by atoms with Crippen LogP contribution in [-0.2, 0) is 9.53 Å². The van der Waals surface area contributed by atoms with Crippen LogP contribution in [0.15, 0.2) is 55.8 Å². The second-order valence-electron chi connectivity index (χ2n) is 5.36. The molecule has 0 spiro atoms.